The van der Waals surface area contributed by atoms with Crippen LogP contribution in [0.3, 0.4) is 0 Å². The molecule has 5 heteroatoms. The first-order valence-corrected chi connectivity index (χ1v) is 3.88. The van der Waals surface area contributed by atoms with Gasteiger partial charge < -0.3 is 14.6 Å². The zero-order chi connectivity index (χ0) is 9.68. The summed E-state index contributed by atoms with van der Waals surface area (Å²) in [5, 5.41) is 8.20. The fraction of sp³-hybridized carbons (Fsp3) is 0.500. The molecule has 0 aromatic heterocycles. The van der Waals surface area contributed by atoms with E-state index < -0.39 is 11.9 Å². The summed E-state index contributed by atoms with van der Waals surface area (Å²) in [6.07, 6.45) is 2.08. The van der Waals surface area contributed by atoms with Crippen molar-refractivity contribution in [2.75, 3.05) is 13.2 Å². The van der Waals surface area contributed by atoms with E-state index in [1.165, 1.54) is 0 Å². The van der Waals surface area contributed by atoms with E-state index in [0.717, 1.165) is 12.2 Å². The summed E-state index contributed by atoms with van der Waals surface area (Å²) in [7, 11) is 0. The predicted octanol–water partition coefficient (Wildman–Crippen LogP) is -0.0407. The van der Waals surface area contributed by atoms with E-state index >= 15 is 0 Å². The number of hydrogen-bond acceptors (Lipinski definition) is 4. The molecule has 1 saturated heterocycles. The van der Waals surface area contributed by atoms with Crippen LogP contribution >= 0.6 is 0 Å². The Morgan fingerprint density at radius 1 is 1.46 bits per heavy atom. The molecule has 1 N–H and O–H groups in total. The van der Waals surface area contributed by atoms with Gasteiger partial charge in [-0.2, -0.15) is 0 Å². The van der Waals surface area contributed by atoms with Crippen molar-refractivity contribution in [3.05, 3.63) is 12.2 Å². The highest BCUT2D eigenvalue weighted by Gasteiger charge is 2.18. The molecular formula is C8H10O5. The van der Waals surface area contributed by atoms with Gasteiger partial charge in [-0.1, -0.05) is 0 Å². The highest BCUT2D eigenvalue weighted by molar-refractivity contribution is 5.90. The van der Waals surface area contributed by atoms with E-state index in [4.69, 9.17) is 14.6 Å². The molecular weight excluding hydrogens is 176 g/mol. The number of carbonyl (C=O) groups excluding carboxylic acids is 1. The normalized spacial score (nSPS) is 22.0. The lowest BCUT2D eigenvalue weighted by Gasteiger charge is -2.06. The van der Waals surface area contributed by atoms with Gasteiger partial charge in [0.2, 0.25) is 0 Å². The van der Waals surface area contributed by atoms with E-state index in [1.54, 1.807) is 0 Å². The maximum absolute atomic E-state index is 10.9. The minimum Gasteiger partial charge on any atom is -0.478 e. The number of carbonyl (C=O) groups is 2. The Kier molecular flexibility index (Phi) is 3.45. The van der Waals surface area contributed by atoms with Crippen molar-refractivity contribution in [3.8, 4) is 0 Å². The molecule has 13 heavy (non-hydrogen) atoms. The van der Waals surface area contributed by atoms with E-state index in [1.807, 2.05) is 0 Å². The molecule has 1 aliphatic heterocycles. The maximum atomic E-state index is 10.9. The SMILES string of the molecule is O=C(O)C=CC(=O)OC1CCOC1. The van der Waals surface area contributed by atoms with Gasteiger partial charge in [0.25, 0.3) is 0 Å². The molecule has 0 aromatic carbocycles. The minimum absolute atomic E-state index is 0.231. The highest BCUT2D eigenvalue weighted by atomic mass is 16.6. The maximum Gasteiger partial charge on any atom is 0.331 e. The highest BCUT2D eigenvalue weighted by Crippen LogP contribution is 2.08. The first-order valence-electron chi connectivity index (χ1n) is 3.88. The molecule has 0 bridgehead atoms. The van der Waals surface area contributed by atoms with Gasteiger partial charge in [-0.05, 0) is 0 Å². The van der Waals surface area contributed by atoms with E-state index in [9.17, 15) is 9.59 Å². The molecule has 1 atom stereocenters. The number of esters is 1. The smallest absolute Gasteiger partial charge is 0.331 e. The molecule has 0 spiro atoms. The number of hydrogen-bond donors (Lipinski definition) is 1. The number of aliphatic carboxylic acids is 1. The van der Waals surface area contributed by atoms with Crippen LogP contribution in [-0.4, -0.2) is 36.4 Å². The topological polar surface area (TPSA) is 72.8 Å². The Bertz CT molecular complexity index is 227. The van der Waals surface area contributed by atoms with Crippen molar-refractivity contribution >= 4 is 11.9 Å². The Morgan fingerprint density at radius 3 is 2.77 bits per heavy atom. The quantitative estimate of drug-likeness (QED) is 0.494. The minimum atomic E-state index is -1.17. The van der Waals surface area contributed by atoms with Crippen LogP contribution < -0.4 is 0 Å². The monoisotopic (exact) mass is 186 g/mol. The Balaban J connectivity index is 2.28. The molecule has 1 fully saturated rings. The van der Waals surface area contributed by atoms with Crippen LogP contribution in [-0.2, 0) is 19.1 Å². The molecule has 0 aliphatic carbocycles. The van der Waals surface area contributed by atoms with Crippen molar-refractivity contribution in [1.29, 1.82) is 0 Å². The van der Waals surface area contributed by atoms with Crippen LogP contribution in [0.4, 0.5) is 0 Å². The third-order valence-corrected chi connectivity index (χ3v) is 1.53. The third-order valence-electron chi connectivity index (χ3n) is 1.53. The van der Waals surface area contributed by atoms with Crippen molar-refractivity contribution in [2.24, 2.45) is 0 Å². The molecule has 1 aliphatic rings. The average molecular weight is 186 g/mol. The standard InChI is InChI=1S/C8H10O5/c9-7(10)1-2-8(11)13-6-3-4-12-5-6/h1-2,6H,3-5H2,(H,9,10). The summed E-state index contributed by atoms with van der Waals surface area (Å²) in [4.78, 5) is 20.9. The van der Waals surface area contributed by atoms with Crippen LogP contribution in [0.15, 0.2) is 12.2 Å². The van der Waals surface area contributed by atoms with Crippen LogP contribution in [0.25, 0.3) is 0 Å². The van der Waals surface area contributed by atoms with Crippen LogP contribution in [0.1, 0.15) is 6.42 Å². The summed E-state index contributed by atoms with van der Waals surface area (Å²) < 4.78 is 9.81. The van der Waals surface area contributed by atoms with Crippen LogP contribution in [0, 0.1) is 0 Å². The molecule has 1 unspecified atom stereocenters. The summed E-state index contributed by atoms with van der Waals surface area (Å²) in [5.74, 6) is -1.81. The van der Waals surface area contributed by atoms with Crippen molar-refractivity contribution in [3.63, 3.8) is 0 Å². The van der Waals surface area contributed by atoms with Crippen molar-refractivity contribution in [1.82, 2.24) is 0 Å². The molecule has 0 saturated carbocycles. The number of carboxylic acid groups (broad SMARTS) is 1. The summed E-state index contributed by atoms with van der Waals surface area (Å²) in [5.41, 5.74) is 0. The summed E-state index contributed by atoms with van der Waals surface area (Å²) in [6.45, 7) is 0.979. The van der Waals surface area contributed by atoms with Gasteiger partial charge in [0.05, 0.1) is 13.2 Å². The van der Waals surface area contributed by atoms with Crippen molar-refractivity contribution in [2.45, 2.75) is 12.5 Å². The van der Waals surface area contributed by atoms with Gasteiger partial charge in [-0.3, -0.25) is 0 Å². The average Bonchev–Trinajstić information content (AvgIpc) is 2.53. The second kappa shape index (κ2) is 4.61. The van der Waals surface area contributed by atoms with Gasteiger partial charge in [0.15, 0.2) is 0 Å². The molecule has 1 heterocycles. The fourth-order valence-corrected chi connectivity index (χ4v) is 0.949. The predicted molar refractivity (Wildman–Crippen MR) is 42.1 cm³/mol. The Labute approximate surface area is 74.9 Å². The molecule has 5 nitrogen and oxygen atoms in total. The molecule has 72 valence electrons. The first kappa shape index (κ1) is 9.73. The number of carboxylic acids is 1. The largest absolute Gasteiger partial charge is 0.478 e. The molecule has 0 aromatic rings. The second-order valence-electron chi connectivity index (χ2n) is 2.59. The second-order valence-corrected chi connectivity index (χ2v) is 2.59. The van der Waals surface area contributed by atoms with Gasteiger partial charge in [-0.15, -0.1) is 0 Å². The van der Waals surface area contributed by atoms with Gasteiger partial charge in [-0.25, -0.2) is 9.59 Å². The summed E-state index contributed by atoms with van der Waals surface area (Å²) >= 11 is 0. The molecule has 0 radical (unpaired) electrons. The lowest BCUT2D eigenvalue weighted by Crippen LogP contribution is -2.16. The number of rotatable bonds is 3. The third kappa shape index (κ3) is 3.71. The molecule has 1 rings (SSSR count). The van der Waals surface area contributed by atoms with Gasteiger partial charge >= 0.3 is 11.9 Å². The van der Waals surface area contributed by atoms with E-state index in [0.29, 0.717) is 19.6 Å². The summed E-state index contributed by atoms with van der Waals surface area (Å²) in [6, 6.07) is 0. The first-order chi connectivity index (χ1) is 6.18. The van der Waals surface area contributed by atoms with Crippen molar-refractivity contribution < 1.29 is 24.2 Å². The molecule has 0 amide bonds. The lowest BCUT2D eigenvalue weighted by atomic mass is 10.3. The number of ether oxygens (including phenoxy) is 2. The van der Waals surface area contributed by atoms with Crippen LogP contribution in [0.5, 0.6) is 0 Å². The zero-order valence-corrected chi connectivity index (χ0v) is 6.93. The Morgan fingerprint density at radius 2 is 2.23 bits per heavy atom. The Hall–Kier alpha value is -1.36. The van der Waals surface area contributed by atoms with E-state index in [2.05, 4.69) is 0 Å². The van der Waals surface area contributed by atoms with Gasteiger partial charge in [0.1, 0.15) is 6.10 Å². The van der Waals surface area contributed by atoms with Crippen LogP contribution in [0.2, 0.25) is 0 Å². The lowest BCUT2D eigenvalue weighted by molar-refractivity contribution is -0.143. The van der Waals surface area contributed by atoms with E-state index in [-0.39, 0.29) is 6.10 Å². The van der Waals surface area contributed by atoms with Gasteiger partial charge in [0, 0.05) is 18.6 Å². The zero-order valence-electron chi connectivity index (χ0n) is 6.93. The fourth-order valence-electron chi connectivity index (χ4n) is 0.949.